The summed E-state index contributed by atoms with van der Waals surface area (Å²) in [6, 6.07) is 14.1. The van der Waals surface area contributed by atoms with Crippen LogP contribution in [0.15, 0.2) is 48.5 Å². The van der Waals surface area contributed by atoms with Crippen LogP contribution < -0.4 is 4.72 Å². The zero-order chi connectivity index (χ0) is 19.0. The van der Waals surface area contributed by atoms with Gasteiger partial charge in [0.1, 0.15) is 5.82 Å². The van der Waals surface area contributed by atoms with E-state index in [1.807, 2.05) is 12.1 Å². The van der Waals surface area contributed by atoms with Gasteiger partial charge in [-0.1, -0.05) is 48.0 Å². The van der Waals surface area contributed by atoms with Gasteiger partial charge < -0.3 is 0 Å². The van der Waals surface area contributed by atoms with Gasteiger partial charge in [0.05, 0.1) is 5.75 Å². The monoisotopic (exact) mass is 437 g/mol. The molecule has 0 spiro atoms. The molecular weight excluding hydrogens is 421 g/mol. The molecule has 1 N–H and O–H groups in total. The Bertz CT molecular complexity index is 792. The van der Waals surface area contributed by atoms with Crippen LogP contribution in [-0.4, -0.2) is 23.1 Å². The van der Waals surface area contributed by atoms with Crippen LogP contribution in [0.25, 0.3) is 0 Å². The molecule has 2 aromatic rings. The van der Waals surface area contributed by atoms with E-state index in [1.54, 1.807) is 36.4 Å². The Kier molecular flexibility index (Phi) is 8.40. The van der Waals surface area contributed by atoms with Gasteiger partial charge >= 0.3 is 0 Å². The van der Waals surface area contributed by atoms with Gasteiger partial charge in [0.15, 0.2) is 5.56 Å². The van der Waals surface area contributed by atoms with Crippen molar-refractivity contribution in [2.75, 3.05) is 4.72 Å². The minimum absolute atomic E-state index is 0.113. The number of pyridine rings is 1. The van der Waals surface area contributed by atoms with Gasteiger partial charge in [-0.15, -0.1) is 0 Å². The lowest BCUT2D eigenvalue weighted by molar-refractivity contribution is -0.0375. The molecule has 0 aliphatic rings. The second-order valence-corrected chi connectivity index (χ2v) is 8.47. The molecule has 6 nitrogen and oxygen atoms in total. The molecular formula is C16H18Cl3N3O3S. The molecule has 0 radical (unpaired) electrons. The number of rotatable bonds is 10. The number of nitrogens with one attached hydrogen (secondary N) is 1. The number of hydrogen-bond acceptors (Lipinski definition) is 5. The highest BCUT2D eigenvalue weighted by molar-refractivity contribution is 7.91. The molecule has 1 unspecified atom stereocenters. The SMILES string of the molecule is O=S(=O)(Cc1ccccc1)Nc1cccc(CCCC(Cl)ON(Cl)Cl)n1. The highest BCUT2D eigenvalue weighted by atomic mass is 35.5. The van der Waals surface area contributed by atoms with Crippen molar-refractivity contribution in [2.45, 2.75) is 30.6 Å². The van der Waals surface area contributed by atoms with E-state index in [1.165, 1.54) is 0 Å². The standard InChI is InChI=1S/C16H18Cl3N3O3S/c17-15(25-22(18)19)10-4-8-14-9-5-11-16(20-14)21-26(23,24)12-13-6-2-1-3-7-13/h1-3,5-7,9,11,15H,4,8,10,12H2,(H,20,21). The molecule has 0 saturated carbocycles. The average Bonchev–Trinajstić information content (AvgIpc) is 2.54. The molecule has 1 atom stereocenters. The van der Waals surface area contributed by atoms with Crippen molar-refractivity contribution >= 4 is 51.0 Å². The number of alkyl halides is 1. The van der Waals surface area contributed by atoms with Crippen LogP contribution in [-0.2, 0) is 27.0 Å². The minimum atomic E-state index is -3.54. The summed E-state index contributed by atoms with van der Waals surface area (Å²) in [5.74, 6) is 0.169. The topological polar surface area (TPSA) is 71.5 Å². The van der Waals surface area contributed by atoms with E-state index in [-0.39, 0.29) is 11.6 Å². The van der Waals surface area contributed by atoms with Crippen molar-refractivity contribution < 1.29 is 13.3 Å². The molecule has 0 amide bonds. The van der Waals surface area contributed by atoms with E-state index in [0.29, 0.717) is 28.9 Å². The predicted molar refractivity (Wildman–Crippen MR) is 104 cm³/mol. The third kappa shape index (κ3) is 8.07. The first-order valence-electron chi connectivity index (χ1n) is 7.77. The number of anilines is 1. The fourth-order valence-corrected chi connectivity index (χ4v) is 3.89. The molecule has 0 aliphatic heterocycles. The molecule has 1 heterocycles. The quantitative estimate of drug-likeness (QED) is 0.337. The Morgan fingerprint density at radius 2 is 1.85 bits per heavy atom. The fraction of sp³-hybridized carbons (Fsp3) is 0.312. The number of hydrogen-bond donors (Lipinski definition) is 1. The molecule has 0 bridgehead atoms. The van der Waals surface area contributed by atoms with Gasteiger partial charge in [-0.2, -0.15) is 0 Å². The lowest BCUT2D eigenvalue weighted by Crippen LogP contribution is -2.16. The van der Waals surface area contributed by atoms with Crippen LogP contribution in [0.1, 0.15) is 24.1 Å². The van der Waals surface area contributed by atoms with E-state index in [4.69, 9.17) is 40.0 Å². The Labute approximate surface area is 168 Å². The van der Waals surface area contributed by atoms with Crippen molar-refractivity contribution in [2.24, 2.45) is 0 Å². The van der Waals surface area contributed by atoms with Crippen LogP contribution >= 0.6 is 35.2 Å². The molecule has 10 heteroatoms. The molecule has 0 aliphatic carbocycles. The number of aromatic nitrogens is 1. The third-order valence-electron chi connectivity index (χ3n) is 3.32. The fourth-order valence-electron chi connectivity index (χ4n) is 2.25. The summed E-state index contributed by atoms with van der Waals surface area (Å²) in [5, 5.41) is 0. The lowest BCUT2D eigenvalue weighted by atomic mass is 10.2. The first-order valence-corrected chi connectivity index (χ1v) is 10.5. The average molecular weight is 439 g/mol. The van der Waals surface area contributed by atoms with Crippen molar-refractivity contribution in [3.8, 4) is 0 Å². The van der Waals surface area contributed by atoms with E-state index in [0.717, 1.165) is 5.69 Å². The molecule has 1 aromatic heterocycles. The molecule has 0 fully saturated rings. The summed E-state index contributed by atoms with van der Waals surface area (Å²) in [6.07, 6.45) is 1.78. The van der Waals surface area contributed by atoms with E-state index in [9.17, 15) is 8.42 Å². The van der Waals surface area contributed by atoms with E-state index >= 15 is 0 Å². The van der Waals surface area contributed by atoms with Gasteiger partial charge in [0.2, 0.25) is 10.0 Å². The zero-order valence-corrected chi connectivity index (χ0v) is 16.8. The largest absolute Gasteiger partial charge is 0.267 e. The maximum atomic E-state index is 12.3. The Balaban J connectivity index is 1.90. The van der Waals surface area contributed by atoms with Gasteiger partial charge in [-0.3, -0.25) is 4.72 Å². The molecule has 26 heavy (non-hydrogen) atoms. The second-order valence-electron chi connectivity index (χ2n) is 5.47. The summed E-state index contributed by atoms with van der Waals surface area (Å²) in [4.78, 5) is 9.17. The molecule has 1 aromatic carbocycles. The predicted octanol–water partition coefficient (Wildman–Crippen LogP) is 4.45. The smallest absolute Gasteiger partial charge is 0.238 e. The van der Waals surface area contributed by atoms with Crippen molar-refractivity contribution in [1.29, 1.82) is 0 Å². The van der Waals surface area contributed by atoms with Gasteiger partial charge in [0.25, 0.3) is 0 Å². The maximum absolute atomic E-state index is 12.3. The van der Waals surface area contributed by atoms with Crippen molar-refractivity contribution in [3.63, 3.8) is 0 Å². The Morgan fingerprint density at radius 3 is 2.54 bits per heavy atom. The zero-order valence-electron chi connectivity index (χ0n) is 13.7. The van der Waals surface area contributed by atoms with Crippen LogP contribution in [0.2, 0.25) is 0 Å². The number of sulfonamides is 1. The summed E-state index contributed by atoms with van der Waals surface area (Å²) in [5.41, 5.74) is 0.789. The summed E-state index contributed by atoms with van der Waals surface area (Å²) in [7, 11) is -3.54. The first kappa shape index (κ1) is 21.2. The Hall–Kier alpha value is -1.09. The van der Waals surface area contributed by atoms with Crippen LogP contribution in [0.3, 0.4) is 0 Å². The Morgan fingerprint density at radius 1 is 1.12 bits per heavy atom. The second kappa shape index (κ2) is 10.3. The molecule has 2 rings (SSSR count). The normalized spacial score (nSPS) is 12.9. The molecule has 0 saturated heterocycles. The minimum Gasteiger partial charge on any atom is -0.267 e. The number of benzene rings is 1. The van der Waals surface area contributed by atoms with Gasteiger partial charge in [-0.05, 0) is 41.1 Å². The van der Waals surface area contributed by atoms with Crippen molar-refractivity contribution in [3.05, 3.63) is 59.8 Å². The van der Waals surface area contributed by atoms with Crippen LogP contribution in [0.4, 0.5) is 5.82 Å². The summed E-state index contributed by atoms with van der Waals surface area (Å²) >= 11 is 16.5. The van der Waals surface area contributed by atoms with Crippen molar-refractivity contribution in [1.82, 2.24) is 9.09 Å². The molecule has 142 valence electrons. The summed E-state index contributed by atoms with van der Waals surface area (Å²) in [6.45, 7) is 0. The number of aryl methyl sites for hydroxylation is 1. The highest BCUT2D eigenvalue weighted by Crippen LogP contribution is 2.16. The number of halogens is 3. The number of nitrogens with zero attached hydrogens (tertiary/aromatic N) is 2. The lowest BCUT2D eigenvalue weighted by Gasteiger charge is -2.11. The van der Waals surface area contributed by atoms with Crippen LogP contribution in [0, 0.1) is 0 Å². The summed E-state index contributed by atoms with van der Waals surface area (Å²) < 4.78 is 27.6. The van der Waals surface area contributed by atoms with Gasteiger partial charge in [0, 0.05) is 29.2 Å². The van der Waals surface area contributed by atoms with E-state index < -0.39 is 15.6 Å². The van der Waals surface area contributed by atoms with Crippen LogP contribution in [0.5, 0.6) is 0 Å². The highest BCUT2D eigenvalue weighted by Gasteiger charge is 2.13. The third-order valence-corrected chi connectivity index (χ3v) is 5.02. The maximum Gasteiger partial charge on any atom is 0.238 e. The first-order chi connectivity index (χ1) is 12.3. The van der Waals surface area contributed by atoms with Gasteiger partial charge in [-0.25, -0.2) is 18.2 Å². The van der Waals surface area contributed by atoms with E-state index in [2.05, 4.69) is 9.71 Å².